The maximum Gasteiger partial charge on any atom is 0.0746 e. The SMILES string of the molecule is CCNC(c1sccc1Br)C(C)OC. The number of methoxy groups -OCH3 is 1. The number of likely N-dealkylation sites (N-methyl/N-ethyl adjacent to an activating group) is 1. The Hall–Kier alpha value is 0.1000. The summed E-state index contributed by atoms with van der Waals surface area (Å²) in [6.45, 7) is 5.14. The van der Waals surface area contributed by atoms with Crippen LogP contribution in [-0.2, 0) is 4.74 Å². The lowest BCUT2D eigenvalue weighted by atomic mass is 10.1. The first-order chi connectivity index (χ1) is 6.70. The highest BCUT2D eigenvalue weighted by Gasteiger charge is 2.21. The van der Waals surface area contributed by atoms with Gasteiger partial charge in [-0.15, -0.1) is 11.3 Å². The van der Waals surface area contributed by atoms with Crippen LogP contribution in [-0.4, -0.2) is 19.8 Å². The largest absolute Gasteiger partial charge is 0.380 e. The minimum Gasteiger partial charge on any atom is -0.380 e. The third-order valence-corrected chi connectivity index (χ3v) is 4.15. The number of ether oxygens (including phenoxy) is 1. The summed E-state index contributed by atoms with van der Waals surface area (Å²) < 4.78 is 6.53. The van der Waals surface area contributed by atoms with Gasteiger partial charge in [-0.2, -0.15) is 0 Å². The third kappa shape index (κ3) is 2.79. The van der Waals surface area contributed by atoms with Gasteiger partial charge in [-0.3, -0.25) is 0 Å². The van der Waals surface area contributed by atoms with E-state index in [1.807, 2.05) is 0 Å². The molecule has 1 aromatic rings. The maximum absolute atomic E-state index is 5.37. The number of nitrogens with one attached hydrogen (secondary N) is 1. The monoisotopic (exact) mass is 277 g/mol. The van der Waals surface area contributed by atoms with E-state index < -0.39 is 0 Å². The fraction of sp³-hybridized carbons (Fsp3) is 0.600. The van der Waals surface area contributed by atoms with Crippen molar-refractivity contribution in [3.05, 3.63) is 20.8 Å². The number of hydrogen-bond acceptors (Lipinski definition) is 3. The van der Waals surface area contributed by atoms with E-state index in [2.05, 4.69) is 46.5 Å². The minimum absolute atomic E-state index is 0.185. The Morgan fingerprint density at radius 2 is 2.36 bits per heavy atom. The highest BCUT2D eigenvalue weighted by atomic mass is 79.9. The third-order valence-electron chi connectivity index (χ3n) is 2.19. The Labute approximate surface area is 97.8 Å². The highest BCUT2D eigenvalue weighted by molar-refractivity contribution is 9.10. The molecule has 0 saturated heterocycles. The van der Waals surface area contributed by atoms with Crippen LogP contribution < -0.4 is 5.32 Å². The molecule has 2 nitrogen and oxygen atoms in total. The summed E-state index contributed by atoms with van der Waals surface area (Å²) in [6.07, 6.45) is 0.185. The molecule has 0 saturated carbocycles. The summed E-state index contributed by atoms with van der Waals surface area (Å²) >= 11 is 5.30. The molecule has 1 N–H and O–H groups in total. The van der Waals surface area contributed by atoms with Crippen LogP contribution in [0, 0.1) is 0 Å². The first kappa shape index (κ1) is 12.2. The summed E-state index contributed by atoms with van der Waals surface area (Å²) in [5.41, 5.74) is 0. The first-order valence-electron chi connectivity index (χ1n) is 4.69. The predicted molar refractivity (Wildman–Crippen MR) is 64.9 cm³/mol. The lowest BCUT2D eigenvalue weighted by Gasteiger charge is -2.23. The van der Waals surface area contributed by atoms with Crippen molar-refractivity contribution >= 4 is 27.3 Å². The molecule has 0 aliphatic carbocycles. The Morgan fingerprint density at radius 1 is 1.64 bits per heavy atom. The number of hydrogen-bond donors (Lipinski definition) is 1. The number of rotatable bonds is 5. The molecule has 0 fully saturated rings. The van der Waals surface area contributed by atoms with E-state index in [4.69, 9.17) is 4.74 Å². The van der Waals surface area contributed by atoms with E-state index in [0.717, 1.165) is 11.0 Å². The molecule has 0 aliphatic heterocycles. The average molecular weight is 278 g/mol. The molecule has 0 bridgehead atoms. The van der Waals surface area contributed by atoms with Crippen molar-refractivity contribution in [1.29, 1.82) is 0 Å². The van der Waals surface area contributed by atoms with Crippen molar-refractivity contribution < 1.29 is 4.74 Å². The van der Waals surface area contributed by atoms with E-state index in [-0.39, 0.29) is 12.1 Å². The quantitative estimate of drug-likeness (QED) is 0.893. The normalized spacial score (nSPS) is 15.4. The van der Waals surface area contributed by atoms with E-state index in [1.54, 1.807) is 18.4 Å². The van der Waals surface area contributed by atoms with Crippen molar-refractivity contribution in [3.63, 3.8) is 0 Å². The molecule has 2 unspecified atom stereocenters. The molecular weight excluding hydrogens is 262 g/mol. The molecule has 80 valence electrons. The Bertz CT molecular complexity index is 277. The van der Waals surface area contributed by atoms with Crippen LogP contribution in [0.15, 0.2) is 15.9 Å². The van der Waals surface area contributed by atoms with Crippen LogP contribution >= 0.6 is 27.3 Å². The molecule has 4 heteroatoms. The standard InChI is InChI=1S/C10H16BrNOS/c1-4-12-9(7(2)13-3)10-8(11)5-6-14-10/h5-7,9,12H,4H2,1-3H3. The second-order valence-corrected chi connectivity index (χ2v) is 4.91. The van der Waals surface area contributed by atoms with Gasteiger partial charge in [0.15, 0.2) is 0 Å². The zero-order valence-electron chi connectivity index (χ0n) is 8.71. The molecule has 1 aromatic heterocycles. The summed E-state index contributed by atoms with van der Waals surface area (Å²) in [7, 11) is 1.75. The van der Waals surface area contributed by atoms with Crippen LogP contribution in [0.25, 0.3) is 0 Å². The zero-order valence-corrected chi connectivity index (χ0v) is 11.1. The number of thiophene rings is 1. The molecule has 1 rings (SSSR count). The highest BCUT2D eigenvalue weighted by Crippen LogP contribution is 2.31. The Balaban J connectivity index is 2.82. The van der Waals surface area contributed by atoms with E-state index in [9.17, 15) is 0 Å². The van der Waals surface area contributed by atoms with Gasteiger partial charge >= 0.3 is 0 Å². The van der Waals surface area contributed by atoms with Crippen molar-refractivity contribution in [3.8, 4) is 0 Å². The fourth-order valence-electron chi connectivity index (χ4n) is 1.36. The van der Waals surface area contributed by atoms with Crippen molar-refractivity contribution in [2.45, 2.75) is 26.0 Å². The van der Waals surface area contributed by atoms with Crippen LogP contribution in [0.2, 0.25) is 0 Å². The van der Waals surface area contributed by atoms with Crippen molar-refractivity contribution in [2.75, 3.05) is 13.7 Å². The van der Waals surface area contributed by atoms with E-state index in [1.165, 1.54) is 4.88 Å². The molecule has 0 spiro atoms. The minimum atomic E-state index is 0.185. The number of halogens is 1. The van der Waals surface area contributed by atoms with Gasteiger partial charge in [0, 0.05) is 16.5 Å². The van der Waals surface area contributed by atoms with Gasteiger partial charge in [-0.25, -0.2) is 0 Å². The lowest BCUT2D eigenvalue weighted by Crippen LogP contribution is -2.30. The maximum atomic E-state index is 5.37. The van der Waals surface area contributed by atoms with E-state index in [0.29, 0.717) is 0 Å². The summed E-state index contributed by atoms with van der Waals surface area (Å²) in [5, 5.41) is 5.52. The van der Waals surface area contributed by atoms with Gasteiger partial charge in [0.05, 0.1) is 12.1 Å². The van der Waals surface area contributed by atoms with Crippen molar-refractivity contribution in [2.24, 2.45) is 0 Å². The average Bonchev–Trinajstić information content (AvgIpc) is 2.60. The summed E-state index contributed by atoms with van der Waals surface area (Å²) in [5.74, 6) is 0. The first-order valence-corrected chi connectivity index (χ1v) is 6.37. The van der Waals surface area contributed by atoms with Gasteiger partial charge in [0.25, 0.3) is 0 Å². The van der Waals surface area contributed by atoms with Gasteiger partial charge in [-0.1, -0.05) is 6.92 Å². The molecule has 1 heterocycles. The molecular formula is C10H16BrNOS. The Morgan fingerprint density at radius 3 is 2.79 bits per heavy atom. The van der Waals surface area contributed by atoms with Gasteiger partial charge in [-0.05, 0) is 40.8 Å². The molecule has 0 aromatic carbocycles. The van der Waals surface area contributed by atoms with Gasteiger partial charge in [0.1, 0.15) is 0 Å². The topological polar surface area (TPSA) is 21.3 Å². The molecule has 0 amide bonds. The Kier molecular flexibility index (Phi) is 5.09. The van der Waals surface area contributed by atoms with Crippen LogP contribution in [0.1, 0.15) is 24.8 Å². The second kappa shape index (κ2) is 5.85. The van der Waals surface area contributed by atoms with Crippen molar-refractivity contribution in [1.82, 2.24) is 5.32 Å². The molecule has 2 atom stereocenters. The molecule has 0 radical (unpaired) electrons. The fourth-order valence-corrected chi connectivity index (χ4v) is 3.14. The van der Waals surface area contributed by atoms with E-state index >= 15 is 0 Å². The van der Waals surface area contributed by atoms with Crippen LogP contribution in [0.4, 0.5) is 0 Å². The smallest absolute Gasteiger partial charge is 0.0746 e. The summed E-state index contributed by atoms with van der Waals surface area (Å²) in [4.78, 5) is 1.31. The van der Waals surface area contributed by atoms with Crippen LogP contribution in [0.5, 0.6) is 0 Å². The molecule has 0 aliphatic rings. The van der Waals surface area contributed by atoms with Gasteiger partial charge in [0.2, 0.25) is 0 Å². The molecule has 14 heavy (non-hydrogen) atoms. The van der Waals surface area contributed by atoms with Gasteiger partial charge < -0.3 is 10.1 Å². The lowest BCUT2D eigenvalue weighted by molar-refractivity contribution is 0.0845. The second-order valence-electron chi connectivity index (χ2n) is 3.11. The zero-order chi connectivity index (χ0) is 10.6. The van der Waals surface area contributed by atoms with Crippen LogP contribution in [0.3, 0.4) is 0 Å². The summed E-state index contributed by atoms with van der Waals surface area (Å²) in [6, 6.07) is 2.35. The predicted octanol–water partition coefficient (Wildman–Crippen LogP) is 3.20.